The van der Waals surface area contributed by atoms with E-state index >= 15 is 0 Å². The summed E-state index contributed by atoms with van der Waals surface area (Å²) in [6.07, 6.45) is -0.932. The summed E-state index contributed by atoms with van der Waals surface area (Å²) in [6, 6.07) is 9.24. The normalized spacial score (nSPS) is 12.2. The number of anilines is 1. The molecule has 25 heavy (non-hydrogen) atoms. The summed E-state index contributed by atoms with van der Waals surface area (Å²) in [5.41, 5.74) is 3.34. The first-order valence-electron chi connectivity index (χ1n) is 7.96. The molecule has 130 valence electrons. The van der Waals surface area contributed by atoms with Crippen molar-refractivity contribution in [3.05, 3.63) is 47.4 Å². The van der Waals surface area contributed by atoms with Crippen molar-refractivity contribution in [2.45, 2.75) is 26.9 Å². The van der Waals surface area contributed by atoms with Gasteiger partial charge in [-0.25, -0.2) is 4.79 Å². The predicted molar refractivity (Wildman–Crippen MR) is 94.5 cm³/mol. The summed E-state index contributed by atoms with van der Waals surface area (Å²) in [5.74, 6) is -0.970. The molecular weight excluding hydrogens is 320 g/mol. The highest BCUT2D eigenvalue weighted by Gasteiger charge is 2.22. The van der Waals surface area contributed by atoms with Crippen LogP contribution in [-0.4, -0.2) is 32.7 Å². The fourth-order valence-corrected chi connectivity index (χ4v) is 2.64. The molecule has 2 aromatic heterocycles. The maximum Gasteiger partial charge on any atom is 0.355 e. The summed E-state index contributed by atoms with van der Waals surface area (Å²) >= 11 is 0. The monoisotopic (exact) mass is 340 g/mol. The standard InChI is InChI=1S/C18H20N4O3/c1-10-16(11(2)22(4)21-10)20-17(23)12(3)25-18(24)15-9-13-7-5-6-8-14(13)19-15/h5-9,12,19H,1-4H3,(H,20,23)/t12-/m1/s1. The SMILES string of the molecule is Cc1nn(C)c(C)c1NC(=O)[C@@H](C)OC(=O)c1cc2ccccc2[nH]1. The largest absolute Gasteiger partial charge is 0.448 e. The van der Waals surface area contributed by atoms with E-state index in [-0.39, 0.29) is 0 Å². The third-order valence-electron chi connectivity index (χ3n) is 4.16. The molecule has 0 bridgehead atoms. The maximum absolute atomic E-state index is 12.3. The number of H-pyrrole nitrogens is 1. The predicted octanol–water partition coefficient (Wildman–Crippen LogP) is 2.70. The van der Waals surface area contributed by atoms with Crippen LogP contribution in [0.2, 0.25) is 0 Å². The number of carbonyl (C=O) groups excluding carboxylic acids is 2. The number of ether oxygens (including phenoxy) is 1. The molecule has 1 amide bonds. The number of para-hydroxylation sites is 1. The molecule has 0 saturated carbocycles. The van der Waals surface area contributed by atoms with E-state index in [4.69, 9.17) is 4.74 Å². The van der Waals surface area contributed by atoms with Gasteiger partial charge in [0.2, 0.25) is 0 Å². The number of nitrogens with one attached hydrogen (secondary N) is 2. The van der Waals surface area contributed by atoms with Crippen LogP contribution in [0.3, 0.4) is 0 Å². The number of amides is 1. The number of rotatable bonds is 4. The second-order valence-corrected chi connectivity index (χ2v) is 5.98. The molecule has 0 aliphatic carbocycles. The van der Waals surface area contributed by atoms with E-state index in [1.807, 2.05) is 38.1 Å². The molecule has 2 heterocycles. The van der Waals surface area contributed by atoms with Gasteiger partial charge in [-0.05, 0) is 32.9 Å². The molecule has 0 fully saturated rings. The molecule has 3 rings (SSSR count). The van der Waals surface area contributed by atoms with Crippen LogP contribution in [0.4, 0.5) is 5.69 Å². The second-order valence-electron chi connectivity index (χ2n) is 5.98. The van der Waals surface area contributed by atoms with Crippen LogP contribution in [0.1, 0.15) is 28.8 Å². The quantitative estimate of drug-likeness (QED) is 0.715. The molecule has 3 aromatic rings. The van der Waals surface area contributed by atoms with Crippen LogP contribution >= 0.6 is 0 Å². The number of hydrogen-bond donors (Lipinski definition) is 2. The first-order valence-corrected chi connectivity index (χ1v) is 7.96. The van der Waals surface area contributed by atoms with Crippen LogP contribution in [0.5, 0.6) is 0 Å². The smallest absolute Gasteiger partial charge is 0.355 e. The van der Waals surface area contributed by atoms with Gasteiger partial charge in [0.25, 0.3) is 5.91 Å². The van der Waals surface area contributed by atoms with Crippen LogP contribution in [0, 0.1) is 13.8 Å². The third kappa shape index (κ3) is 3.26. The first-order chi connectivity index (χ1) is 11.9. The van der Waals surface area contributed by atoms with Gasteiger partial charge >= 0.3 is 5.97 Å². The Morgan fingerprint density at radius 1 is 1.28 bits per heavy atom. The molecule has 0 aliphatic heterocycles. The van der Waals surface area contributed by atoms with E-state index in [0.717, 1.165) is 16.6 Å². The Kier molecular flexibility index (Phi) is 4.31. The van der Waals surface area contributed by atoms with E-state index < -0.39 is 18.0 Å². The second kappa shape index (κ2) is 6.43. The van der Waals surface area contributed by atoms with Gasteiger partial charge in [0, 0.05) is 18.0 Å². The average Bonchev–Trinajstić information content (AvgIpc) is 3.11. The lowest BCUT2D eigenvalue weighted by atomic mass is 10.2. The van der Waals surface area contributed by atoms with Gasteiger partial charge in [0.15, 0.2) is 6.10 Å². The summed E-state index contributed by atoms with van der Waals surface area (Å²) < 4.78 is 6.96. The van der Waals surface area contributed by atoms with Crippen molar-refractivity contribution in [1.29, 1.82) is 0 Å². The Balaban J connectivity index is 1.69. The molecule has 0 radical (unpaired) electrons. The summed E-state index contributed by atoms with van der Waals surface area (Å²) in [6.45, 7) is 5.21. The van der Waals surface area contributed by atoms with Gasteiger partial charge in [0.1, 0.15) is 5.69 Å². The molecule has 0 spiro atoms. The van der Waals surface area contributed by atoms with Crippen LogP contribution in [0.15, 0.2) is 30.3 Å². The van der Waals surface area contributed by atoms with Crippen molar-refractivity contribution in [1.82, 2.24) is 14.8 Å². The molecule has 1 atom stereocenters. The number of fused-ring (bicyclic) bond motifs is 1. The zero-order chi connectivity index (χ0) is 18.1. The Bertz CT molecular complexity index is 922. The molecule has 0 saturated heterocycles. The molecule has 2 N–H and O–H groups in total. The maximum atomic E-state index is 12.3. The Morgan fingerprint density at radius 3 is 2.64 bits per heavy atom. The average molecular weight is 340 g/mol. The van der Waals surface area contributed by atoms with E-state index in [1.165, 1.54) is 6.92 Å². The molecule has 7 heteroatoms. The molecule has 0 aliphatic rings. The number of aromatic nitrogens is 3. The summed E-state index contributed by atoms with van der Waals surface area (Å²) in [7, 11) is 1.80. The highest BCUT2D eigenvalue weighted by Crippen LogP contribution is 2.19. The van der Waals surface area contributed by atoms with Crippen molar-refractivity contribution < 1.29 is 14.3 Å². The number of aromatic amines is 1. The van der Waals surface area contributed by atoms with Crippen molar-refractivity contribution in [2.75, 3.05) is 5.32 Å². The highest BCUT2D eigenvalue weighted by molar-refractivity contribution is 5.99. The lowest BCUT2D eigenvalue weighted by Gasteiger charge is -2.13. The van der Waals surface area contributed by atoms with E-state index in [0.29, 0.717) is 17.1 Å². The molecule has 1 aromatic carbocycles. The van der Waals surface area contributed by atoms with Crippen LogP contribution < -0.4 is 5.32 Å². The Morgan fingerprint density at radius 2 is 2.00 bits per heavy atom. The number of aryl methyl sites for hydroxylation is 2. The van der Waals surface area contributed by atoms with E-state index in [9.17, 15) is 9.59 Å². The van der Waals surface area contributed by atoms with Gasteiger partial charge in [0.05, 0.1) is 17.1 Å². The minimum absolute atomic E-state index is 0.314. The molecule has 7 nitrogen and oxygen atoms in total. The van der Waals surface area contributed by atoms with Gasteiger partial charge in [-0.15, -0.1) is 0 Å². The van der Waals surface area contributed by atoms with Crippen LogP contribution in [-0.2, 0) is 16.6 Å². The lowest BCUT2D eigenvalue weighted by Crippen LogP contribution is -2.30. The molecular formula is C18H20N4O3. The van der Waals surface area contributed by atoms with Gasteiger partial charge in [-0.2, -0.15) is 5.10 Å². The minimum Gasteiger partial charge on any atom is -0.448 e. The van der Waals surface area contributed by atoms with Gasteiger partial charge < -0.3 is 15.0 Å². The summed E-state index contributed by atoms with van der Waals surface area (Å²) in [4.78, 5) is 27.6. The van der Waals surface area contributed by atoms with Crippen molar-refractivity contribution in [3.8, 4) is 0 Å². The topological polar surface area (TPSA) is 89.0 Å². The third-order valence-corrected chi connectivity index (χ3v) is 4.16. The fourth-order valence-electron chi connectivity index (χ4n) is 2.64. The Hall–Kier alpha value is -3.09. The summed E-state index contributed by atoms with van der Waals surface area (Å²) in [5, 5.41) is 7.93. The highest BCUT2D eigenvalue weighted by atomic mass is 16.5. The number of benzene rings is 1. The first kappa shape index (κ1) is 16.8. The van der Waals surface area contributed by atoms with Crippen molar-refractivity contribution in [2.24, 2.45) is 7.05 Å². The van der Waals surface area contributed by atoms with Crippen molar-refractivity contribution in [3.63, 3.8) is 0 Å². The zero-order valence-electron chi connectivity index (χ0n) is 14.6. The number of carbonyl (C=O) groups is 2. The Labute approximate surface area is 145 Å². The van der Waals surface area contributed by atoms with E-state index in [1.54, 1.807) is 17.8 Å². The van der Waals surface area contributed by atoms with E-state index in [2.05, 4.69) is 15.4 Å². The van der Waals surface area contributed by atoms with Crippen molar-refractivity contribution >= 4 is 28.5 Å². The fraction of sp³-hybridized carbons (Fsp3) is 0.278. The van der Waals surface area contributed by atoms with Gasteiger partial charge in [-0.1, -0.05) is 18.2 Å². The number of nitrogens with zero attached hydrogens (tertiary/aromatic N) is 2. The van der Waals surface area contributed by atoms with Gasteiger partial charge in [-0.3, -0.25) is 9.48 Å². The lowest BCUT2D eigenvalue weighted by molar-refractivity contribution is -0.123. The minimum atomic E-state index is -0.932. The van der Waals surface area contributed by atoms with Crippen LogP contribution in [0.25, 0.3) is 10.9 Å². The number of esters is 1. The zero-order valence-corrected chi connectivity index (χ0v) is 14.6. The number of hydrogen-bond acceptors (Lipinski definition) is 4. The molecule has 0 unspecified atom stereocenters.